The van der Waals surface area contributed by atoms with Crippen LogP contribution in [-0.2, 0) is 4.79 Å². The summed E-state index contributed by atoms with van der Waals surface area (Å²) in [5.41, 5.74) is 5.26. The minimum absolute atomic E-state index is 0.0120. The Hall–Kier alpha value is -1.03. The van der Waals surface area contributed by atoms with Crippen LogP contribution in [0.4, 0.5) is 5.13 Å². The molecule has 0 aliphatic heterocycles. The van der Waals surface area contributed by atoms with E-state index in [4.69, 9.17) is 5.73 Å². The van der Waals surface area contributed by atoms with E-state index in [1.165, 1.54) is 11.3 Å². The molecular weight excluding hydrogens is 242 g/mol. The molecule has 6 heteroatoms. The summed E-state index contributed by atoms with van der Waals surface area (Å²) in [4.78, 5) is 16.2. The Morgan fingerprint density at radius 3 is 3.25 bits per heavy atom. The molecule has 1 aromatic heterocycles. The topological polar surface area (TPSA) is 68.0 Å². The van der Waals surface area contributed by atoms with Crippen LogP contribution in [0.15, 0.2) is 6.20 Å². The van der Waals surface area contributed by atoms with Crippen LogP contribution in [0.25, 0.3) is 0 Å². The molecule has 0 aliphatic rings. The Bertz CT molecular complexity index is 406. The zero-order valence-electron chi connectivity index (χ0n) is 8.95. The van der Waals surface area contributed by atoms with Gasteiger partial charge in [-0.15, -0.1) is 0 Å². The lowest BCUT2D eigenvalue weighted by Gasteiger charge is -1.98. The third-order valence-electron chi connectivity index (χ3n) is 1.60. The predicted molar refractivity (Wildman–Crippen MR) is 69.7 cm³/mol. The second kappa shape index (κ2) is 7.28. The van der Waals surface area contributed by atoms with E-state index < -0.39 is 0 Å². The summed E-state index contributed by atoms with van der Waals surface area (Å²) in [5, 5.41) is 3.32. The molecule has 0 saturated heterocycles. The van der Waals surface area contributed by atoms with Crippen molar-refractivity contribution in [3.63, 3.8) is 0 Å². The number of hydrogen-bond acceptors (Lipinski definition) is 5. The van der Waals surface area contributed by atoms with Crippen molar-refractivity contribution in [1.82, 2.24) is 4.98 Å². The zero-order valence-corrected chi connectivity index (χ0v) is 10.6. The van der Waals surface area contributed by atoms with Gasteiger partial charge in [-0.25, -0.2) is 4.98 Å². The van der Waals surface area contributed by atoms with E-state index in [1.807, 2.05) is 6.26 Å². The van der Waals surface area contributed by atoms with Crippen LogP contribution < -0.4 is 11.1 Å². The minimum atomic E-state index is -0.0120. The fraction of sp³-hybridized carbons (Fsp3) is 0.400. The van der Waals surface area contributed by atoms with Gasteiger partial charge >= 0.3 is 0 Å². The van der Waals surface area contributed by atoms with Crippen LogP contribution in [0.3, 0.4) is 0 Å². The highest BCUT2D eigenvalue weighted by Crippen LogP contribution is 2.17. The van der Waals surface area contributed by atoms with Gasteiger partial charge in [-0.1, -0.05) is 23.2 Å². The number of anilines is 1. The van der Waals surface area contributed by atoms with Crippen molar-refractivity contribution in [2.75, 3.05) is 23.9 Å². The number of rotatable bonds is 4. The Balaban J connectivity index is 2.48. The molecule has 0 aliphatic carbocycles. The van der Waals surface area contributed by atoms with Crippen molar-refractivity contribution in [1.29, 1.82) is 0 Å². The number of amides is 1. The molecule has 0 radical (unpaired) electrons. The standard InChI is InChI=1S/C10H13N3OS2/c1-15-6-4-9(14)13-10-12-7-8(16-10)3-2-5-11/h7H,4-6,11H2,1H3,(H,12,13,14). The van der Waals surface area contributed by atoms with Gasteiger partial charge in [0, 0.05) is 12.2 Å². The average Bonchev–Trinajstić information content (AvgIpc) is 2.71. The van der Waals surface area contributed by atoms with Gasteiger partial charge in [-0.2, -0.15) is 11.8 Å². The maximum atomic E-state index is 11.4. The van der Waals surface area contributed by atoms with Gasteiger partial charge in [-0.05, 0) is 6.26 Å². The Kier molecular flexibility index (Phi) is 5.93. The molecular formula is C10H13N3OS2. The first-order valence-electron chi connectivity index (χ1n) is 4.70. The summed E-state index contributed by atoms with van der Waals surface area (Å²) in [5.74, 6) is 6.41. The molecule has 1 aromatic rings. The van der Waals surface area contributed by atoms with Gasteiger partial charge in [0.05, 0.1) is 17.6 Å². The normalized spacial score (nSPS) is 9.38. The van der Waals surface area contributed by atoms with E-state index >= 15 is 0 Å². The Morgan fingerprint density at radius 1 is 1.75 bits per heavy atom. The molecule has 16 heavy (non-hydrogen) atoms. The lowest BCUT2D eigenvalue weighted by Crippen LogP contribution is -2.11. The molecule has 0 spiro atoms. The molecule has 0 fully saturated rings. The Labute approximate surface area is 103 Å². The van der Waals surface area contributed by atoms with Gasteiger partial charge in [0.1, 0.15) is 0 Å². The van der Waals surface area contributed by atoms with E-state index in [2.05, 4.69) is 22.1 Å². The van der Waals surface area contributed by atoms with E-state index in [-0.39, 0.29) is 5.91 Å². The number of nitrogens with two attached hydrogens (primary N) is 1. The van der Waals surface area contributed by atoms with Crippen LogP contribution in [0.1, 0.15) is 11.3 Å². The first-order chi connectivity index (χ1) is 7.76. The molecule has 4 nitrogen and oxygen atoms in total. The fourth-order valence-electron chi connectivity index (χ4n) is 0.904. The van der Waals surface area contributed by atoms with Crippen molar-refractivity contribution in [2.24, 2.45) is 5.73 Å². The quantitative estimate of drug-likeness (QED) is 0.792. The first kappa shape index (κ1) is 13.0. The number of thiazole rings is 1. The largest absolute Gasteiger partial charge is 0.320 e. The van der Waals surface area contributed by atoms with Gasteiger partial charge < -0.3 is 11.1 Å². The fourth-order valence-corrected chi connectivity index (χ4v) is 2.00. The van der Waals surface area contributed by atoms with E-state index in [9.17, 15) is 4.79 Å². The summed E-state index contributed by atoms with van der Waals surface area (Å²) in [6, 6.07) is 0. The Morgan fingerprint density at radius 2 is 2.56 bits per heavy atom. The van der Waals surface area contributed by atoms with Crippen LogP contribution in [0.5, 0.6) is 0 Å². The molecule has 1 heterocycles. The van der Waals surface area contributed by atoms with Crippen LogP contribution >= 0.6 is 23.1 Å². The molecule has 0 saturated carbocycles. The van der Waals surface area contributed by atoms with E-state index in [0.717, 1.165) is 10.6 Å². The maximum Gasteiger partial charge on any atom is 0.226 e. The summed E-state index contributed by atoms with van der Waals surface area (Å²) in [6.07, 6.45) is 4.11. The van der Waals surface area contributed by atoms with Crippen molar-refractivity contribution in [3.05, 3.63) is 11.1 Å². The van der Waals surface area contributed by atoms with Crippen molar-refractivity contribution >= 4 is 34.1 Å². The summed E-state index contributed by atoms with van der Waals surface area (Å²) in [6.45, 7) is 0.327. The lowest BCUT2D eigenvalue weighted by atomic mass is 10.5. The number of nitrogens with one attached hydrogen (secondary N) is 1. The van der Waals surface area contributed by atoms with Crippen LogP contribution in [0.2, 0.25) is 0 Å². The number of thioether (sulfide) groups is 1. The highest BCUT2D eigenvalue weighted by Gasteiger charge is 2.04. The molecule has 0 atom stereocenters. The summed E-state index contributed by atoms with van der Waals surface area (Å²) >= 11 is 3.00. The van der Waals surface area contributed by atoms with Gasteiger partial charge in [0.25, 0.3) is 0 Å². The number of hydrogen-bond donors (Lipinski definition) is 2. The third-order valence-corrected chi connectivity index (χ3v) is 3.04. The molecule has 1 rings (SSSR count). The van der Waals surface area contributed by atoms with Gasteiger partial charge in [0.15, 0.2) is 5.13 Å². The molecule has 0 bridgehead atoms. The highest BCUT2D eigenvalue weighted by atomic mass is 32.2. The van der Waals surface area contributed by atoms with Crippen LogP contribution in [-0.4, -0.2) is 29.4 Å². The molecule has 1 amide bonds. The van der Waals surface area contributed by atoms with Crippen molar-refractivity contribution in [3.8, 4) is 11.8 Å². The molecule has 3 N–H and O–H groups in total. The lowest BCUT2D eigenvalue weighted by molar-refractivity contribution is -0.115. The molecule has 86 valence electrons. The highest BCUT2D eigenvalue weighted by molar-refractivity contribution is 7.98. The zero-order chi connectivity index (χ0) is 11.8. The van der Waals surface area contributed by atoms with Crippen molar-refractivity contribution in [2.45, 2.75) is 6.42 Å². The van der Waals surface area contributed by atoms with Gasteiger partial charge in [-0.3, -0.25) is 4.79 Å². The predicted octanol–water partition coefficient (Wildman–Crippen LogP) is 1.14. The van der Waals surface area contributed by atoms with Crippen molar-refractivity contribution < 1.29 is 4.79 Å². The summed E-state index contributed by atoms with van der Waals surface area (Å²) in [7, 11) is 0. The second-order valence-corrected chi connectivity index (χ2v) is 4.84. The SMILES string of the molecule is CSCCC(=O)Nc1ncc(C#CCN)s1. The smallest absolute Gasteiger partial charge is 0.226 e. The molecule has 0 unspecified atom stereocenters. The number of nitrogens with zero attached hydrogens (tertiary/aromatic N) is 1. The number of carbonyl (C=O) groups excluding carboxylic acids is 1. The number of aromatic nitrogens is 1. The average molecular weight is 255 g/mol. The molecule has 0 aromatic carbocycles. The summed E-state index contributed by atoms with van der Waals surface area (Å²) < 4.78 is 0. The second-order valence-electron chi connectivity index (χ2n) is 2.83. The number of carbonyl (C=O) groups is 1. The van der Waals surface area contributed by atoms with Crippen LogP contribution in [0, 0.1) is 11.8 Å². The monoisotopic (exact) mass is 255 g/mol. The third kappa shape index (κ3) is 4.66. The maximum absolute atomic E-state index is 11.4. The van der Waals surface area contributed by atoms with E-state index in [1.54, 1.807) is 18.0 Å². The first-order valence-corrected chi connectivity index (χ1v) is 6.91. The van der Waals surface area contributed by atoms with E-state index in [0.29, 0.717) is 18.1 Å². The minimum Gasteiger partial charge on any atom is -0.320 e. The van der Waals surface area contributed by atoms with Gasteiger partial charge in [0.2, 0.25) is 5.91 Å².